The number of hydrogen-bond acceptors (Lipinski definition) is 4. The minimum absolute atomic E-state index is 0.397. The highest BCUT2D eigenvalue weighted by Crippen LogP contribution is 2.24. The Bertz CT molecular complexity index is 423. The molecule has 0 bridgehead atoms. The molecule has 0 spiro atoms. The Labute approximate surface area is 122 Å². The van der Waals surface area contributed by atoms with E-state index in [-0.39, 0.29) is 0 Å². The Morgan fingerprint density at radius 2 is 2.05 bits per heavy atom. The van der Waals surface area contributed by atoms with Gasteiger partial charge in [-0.15, -0.1) is 0 Å². The lowest BCUT2D eigenvalue weighted by atomic mass is 10.00. The maximum atomic E-state index is 12.8. The van der Waals surface area contributed by atoms with Gasteiger partial charge in [-0.25, -0.2) is 0 Å². The Morgan fingerprint density at radius 3 is 2.70 bits per heavy atom. The molecule has 118 valence electrons. The molecule has 0 aromatic carbocycles. The van der Waals surface area contributed by atoms with Gasteiger partial charge >= 0.3 is 0 Å². The maximum Gasteiger partial charge on any atom is 0.282 e. The molecule has 1 N–H and O–H groups in total. The number of hydrogen-bond donors (Lipinski definition) is 1. The van der Waals surface area contributed by atoms with E-state index in [0.29, 0.717) is 38.7 Å². The first-order valence-corrected chi connectivity index (χ1v) is 8.79. The van der Waals surface area contributed by atoms with E-state index < -0.39 is 15.8 Å². The van der Waals surface area contributed by atoms with Crippen molar-refractivity contribution in [2.24, 2.45) is 5.92 Å². The monoisotopic (exact) mass is 305 g/mol. The maximum absolute atomic E-state index is 12.8. The van der Waals surface area contributed by atoms with Gasteiger partial charge in [0.15, 0.2) is 0 Å². The Balaban J connectivity index is 2.05. The molecule has 0 aromatic heterocycles. The summed E-state index contributed by atoms with van der Waals surface area (Å²) in [5, 5.41) is 3.15. The van der Waals surface area contributed by atoms with Gasteiger partial charge < -0.3 is 10.1 Å². The van der Waals surface area contributed by atoms with Gasteiger partial charge in [0.05, 0.1) is 12.2 Å². The SMILES string of the molecule is CNCC1CCCN(S(=O)(=O)N2CCOC(C)(C)C2)C1. The number of rotatable bonds is 4. The van der Waals surface area contributed by atoms with E-state index >= 15 is 0 Å². The second-order valence-electron chi connectivity index (χ2n) is 6.37. The molecule has 2 aliphatic rings. The fraction of sp³-hybridized carbons (Fsp3) is 1.00. The van der Waals surface area contributed by atoms with E-state index in [9.17, 15) is 8.42 Å². The van der Waals surface area contributed by atoms with Crippen molar-refractivity contribution in [3.63, 3.8) is 0 Å². The van der Waals surface area contributed by atoms with E-state index in [0.717, 1.165) is 19.4 Å². The van der Waals surface area contributed by atoms with Crippen LogP contribution in [0.3, 0.4) is 0 Å². The molecule has 2 saturated heterocycles. The van der Waals surface area contributed by atoms with Crippen LogP contribution in [0.5, 0.6) is 0 Å². The summed E-state index contributed by atoms with van der Waals surface area (Å²) in [4.78, 5) is 0. The van der Waals surface area contributed by atoms with Gasteiger partial charge in [0.2, 0.25) is 0 Å². The standard InChI is InChI=1S/C13H27N3O3S/c1-13(2)11-16(7-8-19-13)20(17,18)15-6-4-5-12(10-15)9-14-3/h12,14H,4-11H2,1-3H3. The molecule has 0 aliphatic carbocycles. The fourth-order valence-electron chi connectivity index (χ4n) is 3.03. The normalized spacial score (nSPS) is 29.4. The highest BCUT2D eigenvalue weighted by Gasteiger charge is 2.38. The minimum atomic E-state index is -3.35. The summed E-state index contributed by atoms with van der Waals surface area (Å²) >= 11 is 0. The van der Waals surface area contributed by atoms with Crippen LogP contribution in [-0.4, -0.2) is 69.0 Å². The zero-order valence-electron chi connectivity index (χ0n) is 12.8. The molecule has 20 heavy (non-hydrogen) atoms. The Hall–Kier alpha value is -0.210. The van der Waals surface area contributed by atoms with Crippen molar-refractivity contribution in [2.75, 3.05) is 46.4 Å². The minimum Gasteiger partial charge on any atom is -0.373 e. The highest BCUT2D eigenvalue weighted by molar-refractivity contribution is 7.86. The van der Waals surface area contributed by atoms with Crippen molar-refractivity contribution in [2.45, 2.75) is 32.3 Å². The summed E-state index contributed by atoms with van der Waals surface area (Å²) in [6.07, 6.45) is 2.04. The van der Waals surface area contributed by atoms with Gasteiger partial charge in [0.25, 0.3) is 10.2 Å². The van der Waals surface area contributed by atoms with Crippen molar-refractivity contribution in [3.8, 4) is 0 Å². The summed E-state index contributed by atoms with van der Waals surface area (Å²) in [6, 6.07) is 0. The molecule has 0 aromatic rings. The van der Waals surface area contributed by atoms with Gasteiger partial charge in [-0.3, -0.25) is 0 Å². The van der Waals surface area contributed by atoms with E-state index in [2.05, 4.69) is 5.32 Å². The largest absolute Gasteiger partial charge is 0.373 e. The van der Waals surface area contributed by atoms with E-state index in [1.165, 1.54) is 0 Å². The predicted molar refractivity (Wildman–Crippen MR) is 78.7 cm³/mol. The molecule has 7 heteroatoms. The van der Waals surface area contributed by atoms with Crippen molar-refractivity contribution >= 4 is 10.2 Å². The van der Waals surface area contributed by atoms with Gasteiger partial charge in [-0.2, -0.15) is 17.0 Å². The lowest BCUT2D eigenvalue weighted by molar-refractivity contribution is -0.0654. The second kappa shape index (κ2) is 6.27. The van der Waals surface area contributed by atoms with Crippen LogP contribution >= 0.6 is 0 Å². The first kappa shape index (κ1) is 16.2. The highest BCUT2D eigenvalue weighted by atomic mass is 32.2. The van der Waals surface area contributed by atoms with E-state index in [1.807, 2.05) is 20.9 Å². The van der Waals surface area contributed by atoms with E-state index in [1.54, 1.807) is 8.61 Å². The Morgan fingerprint density at radius 1 is 1.30 bits per heavy atom. The summed E-state index contributed by atoms with van der Waals surface area (Å²) in [5.74, 6) is 0.414. The van der Waals surface area contributed by atoms with Crippen molar-refractivity contribution in [3.05, 3.63) is 0 Å². The molecule has 2 heterocycles. The van der Waals surface area contributed by atoms with Crippen LogP contribution in [0.1, 0.15) is 26.7 Å². The number of ether oxygens (including phenoxy) is 1. The molecule has 6 nitrogen and oxygen atoms in total. The summed E-state index contributed by atoms with van der Waals surface area (Å²) in [7, 11) is -1.43. The molecular formula is C13H27N3O3S. The van der Waals surface area contributed by atoms with Gasteiger partial charge in [-0.1, -0.05) is 0 Å². The predicted octanol–water partition coefficient (Wildman–Crippen LogP) is 0.273. The molecule has 2 rings (SSSR count). The number of nitrogens with zero attached hydrogens (tertiary/aromatic N) is 2. The Kier molecular flexibility index (Phi) is 5.07. The molecule has 1 unspecified atom stereocenters. The average Bonchev–Trinajstić information content (AvgIpc) is 2.38. The topological polar surface area (TPSA) is 61.9 Å². The molecule has 0 saturated carbocycles. The van der Waals surface area contributed by atoms with Crippen molar-refractivity contribution in [1.29, 1.82) is 0 Å². The van der Waals surface area contributed by atoms with Crippen LogP contribution in [0, 0.1) is 5.92 Å². The smallest absolute Gasteiger partial charge is 0.282 e. The summed E-state index contributed by atoms with van der Waals surface area (Å²) < 4.78 is 34.3. The average molecular weight is 305 g/mol. The molecule has 2 fully saturated rings. The summed E-state index contributed by atoms with van der Waals surface area (Å²) in [6.45, 7) is 7.38. The molecule has 1 atom stereocenters. The second-order valence-corrected chi connectivity index (χ2v) is 8.30. The third kappa shape index (κ3) is 3.71. The van der Waals surface area contributed by atoms with Crippen molar-refractivity contribution in [1.82, 2.24) is 13.9 Å². The molecule has 0 amide bonds. The van der Waals surface area contributed by atoms with Crippen LogP contribution in [0.4, 0.5) is 0 Å². The van der Waals surface area contributed by atoms with Crippen LogP contribution < -0.4 is 5.32 Å². The first-order chi connectivity index (χ1) is 9.35. The van der Waals surface area contributed by atoms with E-state index in [4.69, 9.17) is 4.74 Å². The number of morpholine rings is 1. The molecule has 0 radical (unpaired) electrons. The lowest BCUT2D eigenvalue weighted by Gasteiger charge is -2.41. The fourth-order valence-corrected chi connectivity index (χ4v) is 4.89. The molecular weight excluding hydrogens is 278 g/mol. The number of piperidine rings is 1. The van der Waals surface area contributed by atoms with Gasteiger partial charge in [0.1, 0.15) is 0 Å². The number of nitrogens with one attached hydrogen (secondary N) is 1. The zero-order valence-corrected chi connectivity index (χ0v) is 13.6. The van der Waals surface area contributed by atoms with Gasteiger partial charge in [0, 0.05) is 26.2 Å². The quantitative estimate of drug-likeness (QED) is 0.810. The third-order valence-corrected chi connectivity index (χ3v) is 5.97. The lowest BCUT2D eigenvalue weighted by Crippen LogP contribution is -2.56. The van der Waals surface area contributed by atoms with Crippen LogP contribution in [-0.2, 0) is 14.9 Å². The molecule has 2 aliphatic heterocycles. The summed E-state index contributed by atoms with van der Waals surface area (Å²) in [5.41, 5.74) is -0.397. The van der Waals surface area contributed by atoms with Crippen molar-refractivity contribution < 1.29 is 13.2 Å². The van der Waals surface area contributed by atoms with Crippen LogP contribution in [0.15, 0.2) is 0 Å². The van der Waals surface area contributed by atoms with Crippen LogP contribution in [0.25, 0.3) is 0 Å². The third-order valence-electron chi connectivity index (χ3n) is 4.02. The first-order valence-electron chi connectivity index (χ1n) is 7.39. The van der Waals surface area contributed by atoms with Gasteiger partial charge in [-0.05, 0) is 46.2 Å². The van der Waals surface area contributed by atoms with Crippen LogP contribution in [0.2, 0.25) is 0 Å². The zero-order chi connectivity index (χ0) is 14.8.